The second-order valence-corrected chi connectivity index (χ2v) is 6.44. The van der Waals surface area contributed by atoms with Crippen LogP contribution >= 0.6 is 0 Å². The molecule has 2 rings (SSSR count). The van der Waals surface area contributed by atoms with Crippen molar-refractivity contribution in [1.29, 1.82) is 0 Å². The van der Waals surface area contributed by atoms with Crippen LogP contribution in [-0.4, -0.2) is 43.1 Å². The fourth-order valence-corrected chi connectivity index (χ4v) is 2.76. The monoisotopic (exact) mass is 319 g/mol. The Morgan fingerprint density at radius 2 is 2.13 bits per heavy atom. The largest absolute Gasteiger partial charge is 0.492 e. The van der Waals surface area contributed by atoms with Gasteiger partial charge in [-0.3, -0.25) is 9.69 Å². The van der Waals surface area contributed by atoms with Crippen molar-refractivity contribution >= 4 is 11.6 Å². The molecule has 0 aromatic heterocycles. The number of anilines is 1. The number of benzene rings is 1. The molecule has 0 spiro atoms. The number of nitrogens with two attached hydrogens (primary N) is 1. The molecule has 0 radical (unpaired) electrons. The van der Waals surface area contributed by atoms with Crippen LogP contribution in [0.15, 0.2) is 18.2 Å². The maximum Gasteiger partial charge on any atom is 0.224 e. The number of hydrogen-bond donors (Lipinski definition) is 2. The number of aryl methyl sites for hydroxylation is 1. The number of carbonyl (C=O) groups excluding carboxylic acids is 1. The minimum absolute atomic E-state index is 0.00408. The molecule has 5 heteroatoms. The van der Waals surface area contributed by atoms with E-state index in [0.29, 0.717) is 19.4 Å². The first kappa shape index (κ1) is 17.8. The number of likely N-dealkylation sites (tertiary alicyclic amines) is 1. The molecule has 3 N–H and O–H groups in total. The highest BCUT2D eigenvalue weighted by atomic mass is 16.5. The average molecular weight is 319 g/mol. The topological polar surface area (TPSA) is 67.6 Å². The number of ether oxygens (including phenoxy) is 1. The lowest BCUT2D eigenvalue weighted by molar-refractivity contribution is -0.116. The van der Waals surface area contributed by atoms with Gasteiger partial charge in [0.2, 0.25) is 5.91 Å². The van der Waals surface area contributed by atoms with Crippen LogP contribution in [0.2, 0.25) is 0 Å². The molecule has 0 aliphatic carbocycles. The summed E-state index contributed by atoms with van der Waals surface area (Å²) in [5.74, 6) is 0.891. The molecular formula is C18H29N3O2. The Hall–Kier alpha value is -1.59. The van der Waals surface area contributed by atoms with E-state index in [1.54, 1.807) is 0 Å². The number of hydrogen-bond acceptors (Lipinski definition) is 4. The van der Waals surface area contributed by atoms with Gasteiger partial charge in [0.1, 0.15) is 12.4 Å². The molecular weight excluding hydrogens is 290 g/mol. The van der Waals surface area contributed by atoms with E-state index in [-0.39, 0.29) is 11.9 Å². The average Bonchev–Trinajstić information content (AvgIpc) is 3.01. The first-order valence-electron chi connectivity index (χ1n) is 8.56. The van der Waals surface area contributed by atoms with E-state index >= 15 is 0 Å². The predicted molar refractivity (Wildman–Crippen MR) is 93.9 cm³/mol. The van der Waals surface area contributed by atoms with Crippen molar-refractivity contribution in [2.75, 3.05) is 31.6 Å². The van der Waals surface area contributed by atoms with E-state index in [0.717, 1.165) is 23.5 Å². The normalized spacial score (nSPS) is 16.3. The van der Waals surface area contributed by atoms with Crippen LogP contribution < -0.4 is 15.8 Å². The minimum atomic E-state index is 0.00408. The molecule has 128 valence electrons. The van der Waals surface area contributed by atoms with Crippen LogP contribution in [0.4, 0.5) is 5.69 Å². The lowest BCUT2D eigenvalue weighted by Crippen LogP contribution is -2.25. The van der Waals surface area contributed by atoms with Gasteiger partial charge in [0.05, 0.1) is 0 Å². The van der Waals surface area contributed by atoms with Crippen LogP contribution in [0.3, 0.4) is 0 Å². The highest BCUT2D eigenvalue weighted by molar-refractivity contribution is 5.90. The smallest absolute Gasteiger partial charge is 0.224 e. The molecule has 1 heterocycles. The maximum atomic E-state index is 11.8. The van der Waals surface area contributed by atoms with Gasteiger partial charge in [-0.25, -0.2) is 0 Å². The van der Waals surface area contributed by atoms with Crippen LogP contribution in [0.25, 0.3) is 0 Å². The molecule has 1 aliphatic heterocycles. The van der Waals surface area contributed by atoms with Crippen LogP contribution in [0.1, 0.15) is 38.2 Å². The van der Waals surface area contributed by atoms with E-state index in [4.69, 9.17) is 10.5 Å². The van der Waals surface area contributed by atoms with Crippen molar-refractivity contribution in [1.82, 2.24) is 4.90 Å². The summed E-state index contributed by atoms with van der Waals surface area (Å²) in [4.78, 5) is 14.3. The SMILES string of the molecule is Cc1cc(NC(=O)CCC(C)N)ccc1OCCN1CCCC1. The quantitative estimate of drug-likeness (QED) is 0.773. The predicted octanol–water partition coefficient (Wildman–Crippen LogP) is 2.54. The summed E-state index contributed by atoms with van der Waals surface area (Å²) in [7, 11) is 0. The summed E-state index contributed by atoms with van der Waals surface area (Å²) >= 11 is 0. The van der Waals surface area contributed by atoms with Gasteiger partial charge in [-0.05, 0) is 70.0 Å². The fraction of sp³-hybridized carbons (Fsp3) is 0.611. The molecule has 1 aromatic rings. The van der Waals surface area contributed by atoms with Crippen LogP contribution in [-0.2, 0) is 4.79 Å². The van der Waals surface area contributed by atoms with Crippen molar-refractivity contribution in [2.45, 2.75) is 45.6 Å². The molecule has 1 fully saturated rings. The number of amides is 1. The number of carbonyl (C=O) groups is 1. The van der Waals surface area contributed by atoms with Gasteiger partial charge < -0.3 is 15.8 Å². The number of rotatable bonds is 8. The Labute approximate surface area is 139 Å². The third-order valence-corrected chi connectivity index (χ3v) is 4.15. The highest BCUT2D eigenvalue weighted by Gasteiger charge is 2.11. The summed E-state index contributed by atoms with van der Waals surface area (Å²) in [5.41, 5.74) is 7.52. The van der Waals surface area contributed by atoms with E-state index in [1.807, 2.05) is 32.0 Å². The number of nitrogens with zero attached hydrogens (tertiary/aromatic N) is 1. The van der Waals surface area contributed by atoms with Crippen LogP contribution in [0, 0.1) is 6.92 Å². The Kier molecular flexibility index (Phi) is 6.86. The molecule has 0 bridgehead atoms. The lowest BCUT2D eigenvalue weighted by atomic mass is 10.1. The second-order valence-electron chi connectivity index (χ2n) is 6.44. The van der Waals surface area contributed by atoms with E-state index in [1.165, 1.54) is 25.9 Å². The fourth-order valence-electron chi connectivity index (χ4n) is 2.76. The first-order chi connectivity index (χ1) is 11.0. The lowest BCUT2D eigenvalue weighted by Gasteiger charge is -2.16. The van der Waals surface area contributed by atoms with Gasteiger partial charge in [0.15, 0.2) is 0 Å². The van der Waals surface area contributed by atoms with Crippen LogP contribution in [0.5, 0.6) is 5.75 Å². The standard InChI is InChI=1S/C18H29N3O2/c1-14-13-16(20-18(22)8-5-15(2)19)6-7-17(14)23-12-11-21-9-3-4-10-21/h6-7,13,15H,3-5,8-12,19H2,1-2H3,(H,20,22). The third-order valence-electron chi connectivity index (χ3n) is 4.15. The van der Waals surface area contributed by atoms with Gasteiger partial charge >= 0.3 is 0 Å². The van der Waals surface area contributed by atoms with Crippen molar-refractivity contribution in [3.63, 3.8) is 0 Å². The molecule has 1 saturated heterocycles. The minimum Gasteiger partial charge on any atom is -0.492 e. The Balaban J connectivity index is 1.78. The molecule has 23 heavy (non-hydrogen) atoms. The summed E-state index contributed by atoms with van der Waals surface area (Å²) in [6, 6.07) is 5.83. The van der Waals surface area contributed by atoms with Crippen molar-refractivity contribution in [2.24, 2.45) is 5.73 Å². The molecule has 0 saturated carbocycles. The Morgan fingerprint density at radius 3 is 2.78 bits per heavy atom. The van der Waals surface area contributed by atoms with Gasteiger partial charge in [0.25, 0.3) is 0 Å². The Bertz CT molecular complexity index is 511. The van der Waals surface area contributed by atoms with E-state index < -0.39 is 0 Å². The van der Waals surface area contributed by atoms with Crippen molar-refractivity contribution in [3.8, 4) is 5.75 Å². The van der Waals surface area contributed by atoms with Gasteiger partial charge in [0, 0.05) is 24.7 Å². The maximum absolute atomic E-state index is 11.8. The van der Waals surface area contributed by atoms with Gasteiger partial charge in [-0.1, -0.05) is 0 Å². The summed E-state index contributed by atoms with van der Waals surface area (Å²) < 4.78 is 5.87. The molecule has 5 nitrogen and oxygen atoms in total. The zero-order chi connectivity index (χ0) is 16.7. The highest BCUT2D eigenvalue weighted by Crippen LogP contribution is 2.22. The zero-order valence-corrected chi connectivity index (χ0v) is 14.3. The van der Waals surface area contributed by atoms with Crippen molar-refractivity contribution < 1.29 is 9.53 Å². The van der Waals surface area contributed by atoms with Crippen molar-refractivity contribution in [3.05, 3.63) is 23.8 Å². The molecule has 1 unspecified atom stereocenters. The number of nitrogens with one attached hydrogen (secondary N) is 1. The molecule has 1 aliphatic rings. The summed E-state index contributed by atoms with van der Waals surface area (Å²) in [5, 5.41) is 2.91. The first-order valence-corrected chi connectivity index (χ1v) is 8.56. The van der Waals surface area contributed by atoms with Gasteiger partial charge in [-0.2, -0.15) is 0 Å². The molecule has 1 aromatic carbocycles. The summed E-state index contributed by atoms with van der Waals surface area (Å²) in [6.07, 6.45) is 3.75. The molecule has 1 atom stereocenters. The van der Waals surface area contributed by atoms with E-state index in [2.05, 4.69) is 10.2 Å². The second kappa shape index (κ2) is 8.89. The van der Waals surface area contributed by atoms with E-state index in [9.17, 15) is 4.79 Å². The third kappa shape index (κ3) is 6.20. The van der Waals surface area contributed by atoms with Gasteiger partial charge in [-0.15, -0.1) is 0 Å². The summed E-state index contributed by atoms with van der Waals surface area (Å²) in [6.45, 7) is 7.98. The Morgan fingerprint density at radius 1 is 1.39 bits per heavy atom. The zero-order valence-electron chi connectivity index (χ0n) is 14.3. The molecule has 1 amide bonds.